The highest BCUT2D eigenvalue weighted by atomic mass is 32.2. The first-order valence-corrected chi connectivity index (χ1v) is 10.1. The Labute approximate surface area is 147 Å². The molecule has 1 saturated heterocycles. The van der Waals surface area contributed by atoms with Crippen LogP contribution >= 0.6 is 23.5 Å². The van der Waals surface area contributed by atoms with E-state index in [1.165, 1.54) is 29.1 Å². The lowest BCUT2D eigenvalue weighted by atomic mass is 10.2. The van der Waals surface area contributed by atoms with Crippen molar-refractivity contribution in [2.75, 3.05) is 24.7 Å². The number of benzene rings is 2. The monoisotopic (exact) mass is 346 g/mol. The summed E-state index contributed by atoms with van der Waals surface area (Å²) in [6.07, 6.45) is 1.33. The van der Waals surface area contributed by atoms with Crippen LogP contribution in [0.15, 0.2) is 48.5 Å². The normalized spacial score (nSPS) is 15.3. The average molecular weight is 347 g/mol. The Bertz CT molecular complexity index is 607. The minimum Gasteiger partial charge on any atom is -0.490 e. The molecule has 2 nitrogen and oxygen atoms in total. The standard InChI is InChI=1S/C19H22O2S2/c1-15-4-2-5-18(14-15)21-11-10-20-17-8-6-16(7-9-17)19-22-12-3-13-23-19/h2,4-9,14,19H,3,10-13H2,1H3. The van der Waals surface area contributed by atoms with Crippen molar-refractivity contribution < 1.29 is 9.47 Å². The van der Waals surface area contributed by atoms with E-state index in [9.17, 15) is 0 Å². The molecule has 0 bridgehead atoms. The first-order valence-electron chi connectivity index (χ1n) is 7.97. The molecule has 0 atom stereocenters. The van der Waals surface area contributed by atoms with Crippen LogP contribution in [0.25, 0.3) is 0 Å². The third-order valence-electron chi connectivity index (χ3n) is 3.59. The number of ether oxygens (including phenoxy) is 2. The molecule has 4 heteroatoms. The molecule has 1 heterocycles. The summed E-state index contributed by atoms with van der Waals surface area (Å²) < 4.78 is 12.0. The molecule has 3 rings (SSSR count). The molecule has 0 radical (unpaired) electrons. The van der Waals surface area contributed by atoms with Gasteiger partial charge in [-0.1, -0.05) is 24.3 Å². The van der Waals surface area contributed by atoms with Gasteiger partial charge in [-0.15, -0.1) is 23.5 Å². The van der Waals surface area contributed by atoms with Gasteiger partial charge in [0.25, 0.3) is 0 Å². The molecule has 0 amide bonds. The van der Waals surface area contributed by atoms with E-state index in [0.717, 1.165) is 11.5 Å². The Kier molecular flexibility index (Phi) is 6.17. The number of hydrogen-bond donors (Lipinski definition) is 0. The Balaban J connectivity index is 1.43. The van der Waals surface area contributed by atoms with Crippen LogP contribution in [0, 0.1) is 6.92 Å². The first-order chi connectivity index (χ1) is 11.3. The van der Waals surface area contributed by atoms with E-state index in [0.29, 0.717) is 17.8 Å². The molecule has 2 aromatic carbocycles. The SMILES string of the molecule is Cc1cccc(OCCOc2ccc(C3SCCCS3)cc2)c1. The molecule has 0 spiro atoms. The molecule has 0 aromatic heterocycles. The van der Waals surface area contributed by atoms with Gasteiger partial charge in [0.2, 0.25) is 0 Å². The molecule has 122 valence electrons. The van der Waals surface area contributed by atoms with Crippen molar-refractivity contribution in [1.82, 2.24) is 0 Å². The summed E-state index contributed by atoms with van der Waals surface area (Å²) in [7, 11) is 0. The zero-order valence-electron chi connectivity index (χ0n) is 13.4. The Hall–Kier alpha value is -1.26. The summed E-state index contributed by atoms with van der Waals surface area (Å²) in [5.74, 6) is 4.35. The van der Waals surface area contributed by atoms with Gasteiger partial charge in [-0.2, -0.15) is 0 Å². The minimum atomic E-state index is 0.555. The fourth-order valence-corrected chi connectivity index (χ4v) is 5.32. The summed E-state index contributed by atoms with van der Waals surface area (Å²) >= 11 is 4.09. The molecule has 1 aliphatic heterocycles. The van der Waals surface area contributed by atoms with Gasteiger partial charge >= 0.3 is 0 Å². The molecule has 1 fully saturated rings. The number of rotatable bonds is 6. The highest BCUT2D eigenvalue weighted by molar-refractivity contribution is 8.16. The van der Waals surface area contributed by atoms with E-state index in [2.05, 4.69) is 37.3 Å². The zero-order chi connectivity index (χ0) is 15.9. The molecule has 0 N–H and O–H groups in total. The highest BCUT2D eigenvalue weighted by Crippen LogP contribution is 2.43. The predicted molar refractivity (Wildman–Crippen MR) is 101 cm³/mol. The van der Waals surface area contributed by atoms with E-state index < -0.39 is 0 Å². The van der Waals surface area contributed by atoms with Crippen LogP contribution in [0.5, 0.6) is 11.5 Å². The van der Waals surface area contributed by atoms with E-state index in [1.807, 2.05) is 41.7 Å². The van der Waals surface area contributed by atoms with Crippen LogP contribution in [0.2, 0.25) is 0 Å². The second-order valence-electron chi connectivity index (χ2n) is 5.51. The largest absolute Gasteiger partial charge is 0.490 e. The number of thioether (sulfide) groups is 2. The summed E-state index contributed by atoms with van der Waals surface area (Å²) in [5.41, 5.74) is 2.60. The lowest BCUT2D eigenvalue weighted by Gasteiger charge is -2.21. The quantitative estimate of drug-likeness (QED) is 0.659. The van der Waals surface area contributed by atoms with Gasteiger partial charge in [0.1, 0.15) is 24.7 Å². The van der Waals surface area contributed by atoms with Gasteiger partial charge in [0.15, 0.2) is 0 Å². The number of aryl methyl sites for hydroxylation is 1. The second-order valence-corrected chi connectivity index (χ2v) is 8.23. The lowest BCUT2D eigenvalue weighted by Crippen LogP contribution is -2.09. The van der Waals surface area contributed by atoms with Gasteiger partial charge in [-0.3, -0.25) is 0 Å². The first kappa shape index (κ1) is 16.6. The smallest absolute Gasteiger partial charge is 0.122 e. The van der Waals surface area contributed by atoms with E-state index in [4.69, 9.17) is 9.47 Å². The molecule has 0 saturated carbocycles. The van der Waals surface area contributed by atoms with Crippen molar-refractivity contribution in [3.05, 3.63) is 59.7 Å². The van der Waals surface area contributed by atoms with Crippen molar-refractivity contribution in [3.8, 4) is 11.5 Å². The molecule has 0 aliphatic carbocycles. The van der Waals surface area contributed by atoms with Gasteiger partial charge < -0.3 is 9.47 Å². The Morgan fingerprint density at radius 1 is 0.913 bits per heavy atom. The van der Waals surface area contributed by atoms with Crippen LogP contribution in [0.1, 0.15) is 22.1 Å². The van der Waals surface area contributed by atoms with Crippen LogP contribution in [-0.2, 0) is 0 Å². The molecule has 1 aliphatic rings. The summed E-state index contributed by atoms with van der Waals surface area (Å²) in [6, 6.07) is 16.6. The number of hydrogen-bond acceptors (Lipinski definition) is 4. The summed E-state index contributed by atoms with van der Waals surface area (Å²) in [4.78, 5) is 0. The maximum absolute atomic E-state index is 5.76. The van der Waals surface area contributed by atoms with E-state index >= 15 is 0 Å². The topological polar surface area (TPSA) is 18.5 Å². The van der Waals surface area contributed by atoms with Crippen LogP contribution in [0.3, 0.4) is 0 Å². The Morgan fingerprint density at radius 3 is 2.30 bits per heavy atom. The van der Waals surface area contributed by atoms with Crippen LogP contribution in [-0.4, -0.2) is 24.7 Å². The average Bonchev–Trinajstić information content (AvgIpc) is 2.60. The van der Waals surface area contributed by atoms with Crippen molar-refractivity contribution in [3.63, 3.8) is 0 Å². The van der Waals surface area contributed by atoms with Crippen molar-refractivity contribution in [1.29, 1.82) is 0 Å². The lowest BCUT2D eigenvalue weighted by molar-refractivity contribution is 0.217. The molecular formula is C19H22O2S2. The van der Waals surface area contributed by atoms with Gasteiger partial charge in [-0.05, 0) is 60.2 Å². The maximum atomic E-state index is 5.76. The fourth-order valence-electron chi connectivity index (χ4n) is 2.43. The zero-order valence-corrected chi connectivity index (χ0v) is 15.0. The van der Waals surface area contributed by atoms with Crippen LogP contribution in [0.4, 0.5) is 0 Å². The fraction of sp³-hybridized carbons (Fsp3) is 0.368. The maximum Gasteiger partial charge on any atom is 0.122 e. The third-order valence-corrected chi connectivity index (χ3v) is 6.60. The van der Waals surface area contributed by atoms with Crippen molar-refractivity contribution in [2.45, 2.75) is 17.9 Å². The van der Waals surface area contributed by atoms with Gasteiger partial charge in [0.05, 0.1) is 4.58 Å². The van der Waals surface area contributed by atoms with E-state index in [-0.39, 0.29) is 0 Å². The van der Waals surface area contributed by atoms with Crippen molar-refractivity contribution in [2.24, 2.45) is 0 Å². The highest BCUT2D eigenvalue weighted by Gasteiger charge is 2.16. The van der Waals surface area contributed by atoms with E-state index in [1.54, 1.807) is 0 Å². The van der Waals surface area contributed by atoms with Crippen molar-refractivity contribution >= 4 is 23.5 Å². The molecule has 2 aromatic rings. The van der Waals surface area contributed by atoms with Gasteiger partial charge in [-0.25, -0.2) is 0 Å². The van der Waals surface area contributed by atoms with Crippen LogP contribution < -0.4 is 9.47 Å². The third kappa shape index (κ3) is 5.11. The van der Waals surface area contributed by atoms with Gasteiger partial charge in [0, 0.05) is 0 Å². The molecular weight excluding hydrogens is 324 g/mol. The second kappa shape index (κ2) is 8.55. The minimum absolute atomic E-state index is 0.555. The summed E-state index contributed by atoms with van der Waals surface area (Å²) in [6.45, 7) is 3.17. The molecule has 23 heavy (non-hydrogen) atoms. The predicted octanol–water partition coefficient (Wildman–Crippen LogP) is 5.32. The Morgan fingerprint density at radius 2 is 1.61 bits per heavy atom. The molecule has 0 unspecified atom stereocenters. The summed E-state index contributed by atoms with van der Waals surface area (Å²) in [5, 5.41) is 0.